The number of anilines is 1. The van der Waals surface area contributed by atoms with E-state index >= 15 is 0 Å². The van der Waals surface area contributed by atoms with E-state index in [-0.39, 0.29) is 18.7 Å². The lowest BCUT2D eigenvalue weighted by Gasteiger charge is -2.25. The number of para-hydroxylation sites is 2. The summed E-state index contributed by atoms with van der Waals surface area (Å²) in [7, 11) is -3.45. The first kappa shape index (κ1) is 19.4. The maximum absolute atomic E-state index is 12.3. The van der Waals surface area contributed by atoms with Crippen molar-refractivity contribution in [2.24, 2.45) is 0 Å². The number of hydrogen-bond donors (Lipinski definition) is 1. The Morgan fingerprint density at radius 3 is 2.39 bits per heavy atom. The van der Waals surface area contributed by atoms with Gasteiger partial charge in [-0.15, -0.1) is 0 Å². The van der Waals surface area contributed by atoms with E-state index in [1.165, 1.54) is 4.31 Å². The van der Waals surface area contributed by atoms with E-state index in [1.54, 1.807) is 25.1 Å². The maximum Gasteiger partial charge on any atom is 0.239 e. The standard InChI is InChI=1S/C16H26N2O4S/c1-6-13(4)18(23(5,20)21)11-16(19)17-14-9-7-8-10-15(14)22-12(2)3/h7-10,12-13H,6,11H2,1-5H3,(H,17,19). The number of amides is 1. The molecule has 0 spiro atoms. The fourth-order valence-electron chi connectivity index (χ4n) is 2.06. The Morgan fingerprint density at radius 1 is 1.26 bits per heavy atom. The average molecular weight is 342 g/mol. The zero-order chi connectivity index (χ0) is 17.6. The Labute approximate surface area is 138 Å². The monoisotopic (exact) mass is 342 g/mol. The fraction of sp³-hybridized carbons (Fsp3) is 0.562. The van der Waals surface area contributed by atoms with Gasteiger partial charge in [-0.3, -0.25) is 4.79 Å². The van der Waals surface area contributed by atoms with Crippen LogP contribution in [0, 0.1) is 0 Å². The summed E-state index contributed by atoms with van der Waals surface area (Å²) in [6, 6.07) is 6.85. The van der Waals surface area contributed by atoms with E-state index in [0.717, 1.165) is 6.26 Å². The van der Waals surface area contributed by atoms with Gasteiger partial charge in [0.15, 0.2) is 0 Å². The number of hydrogen-bond acceptors (Lipinski definition) is 4. The minimum Gasteiger partial charge on any atom is -0.489 e. The predicted octanol–water partition coefficient (Wildman–Crippen LogP) is 2.47. The molecule has 0 bridgehead atoms. The van der Waals surface area contributed by atoms with Gasteiger partial charge in [-0.05, 0) is 39.3 Å². The van der Waals surface area contributed by atoms with Crippen LogP contribution in [0.5, 0.6) is 5.75 Å². The summed E-state index contributed by atoms with van der Waals surface area (Å²) in [5, 5.41) is 2.73. The molecule has 1 unspecified atom stereocenters. The molecule has 0 heterocycles. The van der Waals surface area contributed by atoms with Crippen LogP contribution in [0.15, 0.2) is 24.3 Å². The third-order valence-electron chi connectivity index (χ3n) is 3.33. The molecule has 6 nitrogen and oxygen atoms in total. The van der Waals surface area contributed by atoms with Crippen molar-refractivity contribution in [1.82, 2.24) is 4.31 Å². The van der Waals surface area contributed by atoms with Crippen molar-refractivity contribution in [3.05, 3.63) is 24.3 Å². The molecule has 1 aromatic rings. The van der Waals surface area contributed by atoms with Crippen LogP contribution in [0.2, 0.25) is 0 Å². The SMILES string of the molecule is CCC(C)N(CC(=O)Nc1ccccc1OC(C)C)S(C)(=O)=O. The molecule has 1 rings (SSSR count). The smallest absolute Gasteiger partial charge is 0.239 e. The molecule has 0 fully saturated rings. The highest BCUT2D eigenvalue weighted by atomic mass is 32.2. The van der Waals surface area contributed by atoms with E-state index in [9.17, 15) is 13.2 Å². The quantitative estimate of drug-likeness (QED) is 0.787. The Morgan fingerprint density at radius 2 is 1.87 bits per heavy atom. The van der Waals surface area contributed by atoms with Crippen molar-refractivity contribution in [3.63, 3.8) is 0 Å². The zero-order valence-corrected chi connectivity index (χ0v) is 15.2. The van der Waals surface area contributed by atoms with Crippen LogP contribution in [0.1, 0.15) is 34.1 Å². The molecule has 1 N–H and O–H groups in total. The van der Waals surface area contributed by atoms with E-state index in [0.29, 0.717) is 17.9 Å². The van der Waals surface area contributed by atoms with Crippen LogP contribution >= 0.6 is 0 Å². The van der Waals surface area contributed by atoms with E-state index in [1.807, 2.05) is 26.8 Å². The number of benzene rings is 1. The van der Waals surface area contributed by atoms with Gasteiger partial charge in [0.2, 0.25) is 15.9 Å². The minimum atomic E-state index is -3.45. The Kier molecular flexibility index (Phi) is 7.02. The molecule has 0 saturated carbocycles. The predicted molar refractivity (Wildman–Crippen MR) is 92.1 cm³/mol. The van der Waals surface area contributed by atoms with Crippen LogP contribution in [0.3, 0.4) is 0 Å². The number of nitrogens with zero attached hydrogens (tertiary/aromatic N) is 1. The van der Waals surface area contributed by atoms with E-state index < -0.39 is 15.9 Å². The fourth-order valence-corrected chi connectivity index (χ4v) is 3.22. The molecule has 0 aliphatic heterocycles. The molecule has 0 radical (unpaired) electrons. The molecule has 0 aliphatic rings. The first-order valence-electron chi connectivity index (χ1n) is 7.67. The molecule has 1 aromatic carbocycles. The summed E-state index contributed by atoms with van der Waals surface area (Å²) in [6.07, 6.45) is 1.72. The first-order chi connectivity index (χ1) is 10.6. The van der Waals surface area contributed by atoms with Gasteiger partial charge in [-0.1, -0.05) is 19.1 Å². The van der Waals surface area contributed by atoms with Crippen molar-refractivity contribution in [3.8, 4) is 5.75 Å². The minimum absolute atomic E-state index is 0.0271. The molecule has 0 saturated heterocycles. The van der Waals surface area contributed by atoms with Gasteiger partial charge in [0.05, 0.1) is 24.6 Å². The topological polar surface area (TPSA) is 75.7 Å². The Balaban J connectivity index is 2.87. The highest BCUT2D eigenvalue weighted by Gasteiger charge is 2.25. The van der Waals surface area contributed by atoms with Gasteiger partial charge in [0, 0.05) is 6.04 Å². The maximum atomic E-state index is 12.3. The summed E-state index contributed by atoms with van der Waals surface area (Å²) in [4.78, 5) is 12.3. The number of carbonyl (C=O) groups excluding carboxylic acids is 1. The Bertz CT molecular complexity index is 629. The molecule has 1 atom stereocenters. The van der Waals surface area contributed by atoms with Crippen LogP contribution < -0.4 is 10.1 Å². The summed E-state index contributed by atoms with van der Waals surface area (Å²) in [5.74, 6) is 0.167. The van der Waals surface area contributed by atoms with Crippen molar-refractivity contribution >= 4 is 21.6 Å². The number of carbonyl (C=O) groups is 1. The third-order valence-corrected chi connectivity index (χ3v) is 4.67. The molecular weight excluding hydrogens is 316 g/mol. The molecule has 7 heteroatoms. The van der Waals surface area contributed by atoms with Crippen molar-refractivity contribution < 1.29 is 17.9 Å². The second-order valence-corrected chi connectivity index (χ2v) is 7.71. The number of rotatable bonds is 8. The highest BCUT2D eigenvalue weighted by molar-refractivity contribution is 7.88. The highest BCUT2D eigenvalue weighted by Crippen LogP contribution is 2.25. The van der Waals surface area contributed by atoms with Crippen molar-refractivity contribution in [1.29, 1.82) is 0 Å². The Hall–Kier alpha value is -1.60. The first-order valence-corrected chi connectivity index (χ1v) is 9.52. The number of ether oxygens (including phenoxy) is 1. The van der Waals surface area contributed by atoms with E-state index in [2.05, 4.69) is 5.32 Å². The number of sulfonamides is 1. The summed E-state index contributed by atoms with van der Waals surface area (Å²) in [6.45, 7) is 7.24. The van der Waals surface area contributed by atoms with Gasteiger partial charge >= 0.3 is 0 Å². The second kappa shape index (κ2) is 8.31. The van der Waals surface area contributed by atoms with Crippen LogP contribution in [-0.2, 0) is 14.8 Å². The molecule has 1 amide bonds. The summed E-state index contributed by atoms with van der Waals surface area (Å²) in [5.41, 5.74) is 0.531. The van der Waals surface area contributed by atoms with Gasteiger partial charge < -0.3 is 10.1 Å². The molecule has 23 heavy (non-hydrogen) atoms. The molecular formula is C16H26N2O4S. The van der Waals surface area contributed by atoms with Gasteiger partial charge in [-0.2, -0.15) is 4.31 Å². The largest absolute Gasteiger partial charge is 0.489 e. The zero-order valence-electron chi connectivity index (χ0n) is 14.4. The lowest BCUT2D eigenvalue weighted by Crippen LogP contribution is -2.42. The third kappa shape index (κ3) is 6.19. The molecule has 0 aliphatic carbocycles. The van der Waals surface area contributed by atoms with Crippen LogP contribution in [0.4, 0.5) is 5.69 Å². The average Bonchev–Trinajstić information content (AvgIpc) is 2.44. The lowest BCUT2D eigenvalue weighted by atomic mass is 10.2. The van der Waals surface area contributed by atoms with Crippen molar-refractivity contribution in [2.75, 3.05) is 18.1 Å². The molecule has 0 aromatic heterocycles. The van der Waals surface area contributed by atoms with Crippen molar-refractivity contribution in [2.45, 2.75) is 46.3 Å². The normalized spacial score (nSPS) is 13.2. The number of nitrogens with one attached hydrogen (secondary N) is 1. The van der Waals surface area contributed by atoms with Crippen LogP contribution in [0.25, 0.3) is 0 Å². The summed E-state index contributed by atoms with van der Waals surface area (Å²) >= 11 is 0. The summed E-state index contributed by atoms with van der Waals surface area (Å²) < 4.78 is 30.5. The van der Waals surface area contributed by atoms with Gasteiger partial charge in [0.1, 0.15) is 5.75 Å². The van der Waals surface area contributed by atoms with Crippen LogP contribution in [-0.4, -0.2) is 43.6 Å². The van der Waals surface area contributed by atoms with Gasteiger partial charge in [-0.25, -0.2) is 8.42 Å². The van der Waals surface area contributed by atoms with E-state index in [4.69, 9.17) is 4.74 Å². The second-order valence-electron chi connectivity index (χ2n) is 5.78. The molecule has 130 valence electrons. The van der Waals surface area contributed by atoms with Gasteiger partial charge in [0.25, 0.3) is 0 Å². The lowest BCUT2D eigenvalue weighted by molar-refractivity contribution is -0.116.